The average Bonchev–Trinajstić information content (AvgIpc) is 2.52. The summed E-state index contributed by atoms with van der Waals surface area (Å²) in [4.78, 5) is 26.2. The van der Waals surface area contributed by atoms with Gasteiger partial charge in [0.25, 0.3) is 0 Å². The maximum absolute atomic E-state index is 12.3. The number of nitrogens with one attached hydrogen (secondary N) is 1. The number of hydrogen-bond acceptors (Lipinski definition) is 2. The fourth-order valence-corrected chi connectivity index (χ4v) is 3.28. The molecule has 0 radical (unpaired) electrons. The van der Waals surface area contributed by atoms with E-state index in [0.29, 0.717) is 6.54 Å². The van der Waals surface area contributed by atoms with E-state index in [0.717, 1.165) is 28.1 Å². The molecule has 0 aromatic heterocycles. The Morgan fingerprint density at radius 2 is 1.50 bits per heavy atom. The molecule has 2 amide bonds. The molecule has 0 spiro atoms. The van der Waals surface area contributed by atoms with Crippen molar-refractivity contribution >= 4 is 23.2 Å². The van der Waals surface area contributed by atoms with Crippen molar-refractivity contribution in [3.05, 3.63) is 58.1 Å². The second-order valence-corrected chi connectivity index (χ2v) is 7.02. The minimum Gasteiger partial charge on any atom is -0.326 e. The van der Waals surface area contributed by atoms with Crippen molar-refractivity contribution in [3.8, 4) is 0 Å². The van der Waals surface area contributed by atoms with Crippen LogP contribution in [0.1, 0.15) is 41.2 Å². The lowest BCUT2D eigenvalue weighted by atomic mass is 10.0. The predicted molar refractivity (Wildman–Crippen MR) is 108 cm³/mol. The van der Waals surface area contributed by atoms with Crippen LogP contribution in [-0.4, -0.2) is 18.4 Å². The molecule has 0 heterocycles. The van der Waals surface area contributed by atoms with E-state index in [1.54, 1.807) is 11.8 Å². The van der Waals surface area contributed by atoms with Gasteiger partial charge < -0.3 is 10.2 Å². The lowest BCUT2D eigenvalue weighted by molar-refractivity contribution is -0.117. The Kier molecular flexibility index (Phi) is 6.19. The van der Waals surface area contributed by atoms with Crippen LogP contribution in [0.2, 0.25) is 0 Å². The quantitative estimate of drug-likeness (QED) is 0.854. The van der Waals surface area contributed by atoms with Gasteiger partial charge >= 0.3 is 0 Å². The number of nitrogens with zero attached hydrogens (tertiary/aromatic N) is 1. The van der Waals surface area contributed by atoms with Crippen LogP contribution in [-0.2, 0) is 9.59 Å². The molecular formula is C22H28N2O2. The van der Waals surface area contributed by atoms with Gasteiger partial charge in [0.15, 0.2) is 0 Å². The number of hydrogen-bond donors (Lipinski definition) is 1. The average molecular weight is 352 g/mol. The van der Waals surface area contributed by atoms with E-state index in [4.69, 9.17) is 0 Å². The molecule has 138 valence electrons. The first-order chi connectivity index (χ1) is 12.2. The fourth-order valence-electron chi connectivity index (χ4n) is 3.28. The third-order valence-corrected chi connectivity index (χ3v) is 4.64. The molecule has 2 rings (SSSR count). The van der Waals surface area contributed by atoms with E-state index in [1.165, 1.54) is 11.1 Å². The molecule has 4 nitrogen and oxygen atoms in total. The highest BCUT2D eigenvalue weighted by Crippen LogP contribution is 2.27. The van der Waals surface area contributed by atoms with Crippen molar-refractivity contribution in [2.45, 2.75) is 48.0 Å². The number of anilines is 2. The normalized spacial score (nSPS) is 10.5. The molecule has 0 saturated heterocycles. The van der Waals surface area contributed by atoms with Crippen molar-refractivity contribution in [1.29, 1.82) is 0 Å². The molecule has 1 N–H and O–H groups in total. The van der Waals surface area contributed by atoms with Crippen molar-refractivity contribution < 1.29 is 9.59 Å². The largest absolute Gasteiger partial charge is 0.326 e. The predicted octanol–water partition coefficient (Wildman–Crippen LogP) is 4.61. The molecule has 2 aromatic carbocycles. The first-order valence-electron chi connectivity index (χ1n) is 8.92. The standard InChI is InChI=1S/C22H28N2O2/c1-14-11-17(4)22(18(5)12-14)24(19(6)25)10-9-21(26)23-20-8-7-15(2)16(3)13-20/h7-8,11-13H,9-10H2,1-6H3,(H,23,26). The number of benzene rings is 2. The first kappa shape index (κ1) is 19.7. The zero-order chi connectivity index (χ0) is 19.4. The highest BCUT2D eigenvalue weighted by Gasteiger charge is 2.18. The summed E-state index contributed by atoms with van der Waals surface area (Å²) in [6.45, 7) is 12.0. The second-order valence-electron chi connectivity index (χ2n) is 7.02. The first-order valence-corrected chi connectivity index (χ1v) is 8.92. The monoisotopic (exact) mass is 352 g/mol. The number of rotatable bonds is 5. The third-order valence-electron chi connectivity index (χ3n) is 4.64. The SMILES string of the molecule is CC(=O)N(CCC(=O)Nc1ccc(C)c(C)c1)c1c(C)cc(C)cc1C. The Labute approximate surface area is 156 Å². The molecule has 0 aliphatic heterocycles. The van der Waals surface area contributed by atoms with Crippen LogP contribution in [0.4, 0.5) is 11.4 Å². The van der Waals surface area contributed by atoms with Crippen LogP contribution in [0.5, 0.6) is 0 Å². The summed E-state index contributed by atoms with van der Waals surface area (Å²) in [5.41, 5.74) is 7.28. The molecule has 26 heavy (non-hydrogen) atoms. The Morgan fingerprint density at radius 1 is 0.885 bits per heavy atom. The Balaban J connectivity index is 2.10. The smallest absolute Gasteiger partial charge is 0.226 e. The van der Waals surface area contributed by atoms with Crippen LogP contribution < -0.4 is 10.2 Å². The lowest BCUT2D eigenvalue weighted by Gasteiger charge is -2.25. The van der Waals surface area contributed by atoms with Gasteiger partial charge in [-0.2, -0.15) is 0 Å². The zero-order valence-electron chi connectivity index (χ0n) is 16.6. The van der Waals surface area contributed by atoms with Crippen molar-refractivity contribution in [2.75, 3.05) is 16.8 Å². The molecule has 0 saturated carbocycles. The molecule has 4 heteroatoms. The van der Waals surface area contributed by atoms with E-state index in [-0.39, 0.29) is 18.2 Å². The summed E-state index contributed by atoms with van der Waals surface area (Å²) in [6, 6.07) is 9.98. The van der Waals surface area contributed by atoms with Crippen LogP contribution in [0, 0.1) is 34.6 Å². The van der Waals surface area contributed by atoms with Gasteiger partial charge in [-0.1, -0.05) is 23.8 Å². The molecule has 0 unspecified atom stereocenters. The molecule has 0 fully saturated rings. The Morgan fingerprint density at radius 3 is 2.04 bits per heavy atom. The summed E-state index contributed by atoms with van der Waals surface area (Å²) >= 11 is 0. The molecule has 0 aliphatic carbocycles. The maximum atomic E-state index is 12.3. The van der Waals surface area contributed by atoms with Gasteiger partial charge in [0, 0.05) is 31.3 Å². The van der Waals surface area contributed by atoms with Crippen LogP contribution in [0.3, 0.4) is 0 Å². The van der Waals surface area contributed by atoms with Crippen molar-refractivity contribution in [2.24, 2.45) is 0 Å². The molecule has 2 aromatic rings. The van der Waals surface area contributed by atoms with Crippen LogP contribution in [0.15, 0.2) is 30.3 Å². The summed E-state index contributed by atoms with van der Waals surface area (Å²) in [5.74, 6) is -0.152. The van der Waals surface area contributed by atoms with Gasteiger partial charge in [-0.05, 0) is 69.0 Å². The van der Waals surface area contributed by atoms with E-state index in [9.17, 15) is 9.59 Å². The highest BCUT2D eigenvalue weighted by molar-refractivity contribution is 5.96. The van der Waals surface area contributed by atoms with Gasteiger partial charge in [0.1, 0.15) is 0 Å². The van der Waals surface area contributed by atoms with Gasteiger partial charge in [-0.15, -0.1) is 0 Å². The van der Waals surface area contributed by atoms with Gasteiger partial charge in [0.05, 0.1) is 0 Å². The molecular weight excluding hydrogens is 324 g/mol. The van der Waals surface area contributed by atoms with E-state index >= 15 is 0 Å². The molecule has 0 aliphatic rings. The highest BCUT2D eigenvalue weighted by atomic mass is 16.2. The summed E-state index contributed by atoms with van der Waals surface area (Å²) in [6.07, 6.45) is 0.249. The number of carbonyl (C=O) groups excluding carboxylic acids is 2. The minimum atomic E-state index is -0.0954. The molecule has 0 bridgehead atoms. The van der Waals surface area contributed by atoms with E-state index in [1.807, 2.05) is 52.8 Å². The zero-order valence-corrected chi connectivity index (χ0v) is 16.6. The number of carbonyl (C=O) groups is 2. The van der Waals surface area contributed by atoms with Crippen LogP contribution in [0.25, 0.3) is 0 Å². The Bertz CT molecular complexity index is 817. The topological polar surface area (TPSA) is 49.4 Å². The van der Waals surface area contributed by atoms with Gasteiger partial charge in [-0.25, -0.2) is 0 Å². The second kappa shape index (κ2) is 8.17. The summed E-state index contributed by atoms with van der Waals surface area (Å²) in [7, 11) is 0. The van der Waals surface area contributed by atoms with E-state index < -0.39 is 0 Å². The summed E-state index contributed by atoms with van der Waals surface area (Å²) in [5, 5.41) is 2.92. The molecule has 0 atom stereocenters. The minimum absolute atomic E-state index is 0.0565. The summed E-state index contributed by atoms with van der Waals surface area (Å²) < 4.78 is 0. The van der Waals surface area contributed by atoms with Gasteiger partial charge in [0.2, 0.25) is 11.8 Å². The van der Waals surface area contributed by atoms with Crippen molar-refractivity contribution in [3.63, 3.8) is 0 Å². The van der Waals surface area contributed by atoms with Crippen LogP contribution >= 0.6 is 0 Å². The lowest BCUT2D eigenvalue weighted by Crippen LogP contribution is -2.33. The van der Waals surface area contributed by atoms with Crippen molar-refractivity contribution in [1.82, 2.24) is 0 Å². The number of aryl methyl sites for hydroxylation is 5. The fraction of sp³-hybridized carbons (Fsp3) is 0.364. The van der Waals surface area contributed by atoms with E-state index in [2.05, 4.69) is 17.4 Å². The number of amides is 2. The third kappa shape index (κ3) is 4.72. The van der Waals surface area contributed by atoms with Gasteiger partial charge in [-0.3, -0.25) is 9.59 Å². The maximum Gasteiger partial charge on any atom is 0.226 e. The Hall–Kier alpha value is -2.62.